The first kappa shape index (κ1) is 17.1. The zero-order valence-corrected chi connectivity index (χ0v) is 14.2. The summed E-state index contributed by atoms with van der Waals surface area (Å²) in [5.41, 5.74) is 1.71. The van der Waals surface area contributed by atoms with Gasteiger partial charge in [0.15, 0.2) is 6.29 Å². The summed E-state index contributed by atoms with van der Waals surface area (Å²) in [7, 11) is 0. The maximum Gasteiger partial charge on any atom is 0.410 e. The van der Waals surface area contributed by atoms with Gasteiger partial charge < -0.3 is 9.64 Å². The molecular weight excluding hydrogens is 294 g/mol. The third-order valence-electron chi connectivity index (χ3n) is 3.53. The highest BCUT2D eigenvalue weighted by Gasteiger charge is 2.29. The molecule has 0 saturated carbocycles. The summed E-state index contributed by atoms with van der Waals surface area (Å²) in [6, 6.07) is 0. The van der Waals surface area contributed by atoms with E-state index in [1.165, 1.54) is 0 Å². The average Bonchev–Trinajstić information content (AvgIpc) is 2.82. The Morgan fingerprint density at radius 2 is 2.17 bits per heavy atom. The second-order valence-corrected chi connectivity index (χ2v) is 6.48. The molecule has 0 unspecified atom stereocenters. The molecule has 0 aromatic carbocycles. The van der Waals surface area contributed by atoms with Crippen LogP contribution in [0.4, 0.5) is 4.79 Å². The maximum atomic E-state index is 12.2. The largest absolute Gasteiger partial charge is 0.444 e. The number of fused-ring (bicyclic) bond motifs is 1. The number of aryl methyl sites for hydroxylation is 1. The van der Waals surface area contributed by atoms with E-state index in [1.807, 2.05) is 20.8 Å². The molecular formula is C17H23N3O3. The van der Waals surface area contributed by atoms with E-state index in [-0.39, 0.29) is 6.09 Å². The molecule has 0 fully saturated rings. The fraction of sp³-hybridized carbons (Fsp3) is 0.588. The molecule has 6 nitrogen and oxygen atoms in total. The summed E-state index contributed by atoms with van der Waals surface area (Å²) in [6.45, 7) is 8.78. The van der Waals surface area contributed by atoms with Crippen molar-refractivity contribution in [2.24, 2.45) is 0 Å². The van der Waals surface area contributed by atoms with Crippen molar-refractivity contribution in [3.63, 3.8) is 0 Å². The Hall–Kier alpha value is -2.29. The fourth-order valence-electron chi connectivity index (χ4n) is 2.52. The number of ether oxygens (including phenoxy) is 1. The highest BCUT2D eigenvalue weighted by Crippen LogP contribution is 2.23. The van der Waals surface area contributed by atoms with Crippen LogP contribution in [0.5, 0.6) is 0 Å². The van der Waals surface area contributed by atoms with Crippen molar-refractivity contribution in [1.82, 2.24) is 14.7 Å². The van der Waals surface area contributed by atoms with Gasteiger partial charge in [-0.15, -0.1) is 11.8 Å². The van der Waals surface area contributed by atoms with Gasteiger partial charge in [0.25, 0.3) is 0 Å². The number of carbonyl (C=O) groups is 2. The van der Waals surface area contributed by atoms with E-state index < -0.39 is 5.60 Å². The monoisotopic (exact) mass is 317 g/mol. The molecule has 2 rings (SSSR count). The Bertz CT molecular complexity index is 659. The van der Waals surface area contributed by atoms with Crippen molar-refractivity contribution in [2.45, 2.75) is 59.2 Å². The van der Waals surface area contributed by atoms with Crippen LogP contribution in [0.25, 0.3) is 0 Å². The molecule has 1 amide bonds. The van der Waals surface area contributed by atoms with E-state index in [1.54, 1.807) is 16.5 Å². The van der Waals surface area contributed by atoms with Gasteiger partial charge in [0.1, 0.15) is 11.3 Å². The lowest BCUT2D eigenvalue weighted by Gasteiger charge is -2.29. The van der Waals surface area contributed by atoms with Gasteiger partial charge in [-0.25, -0.2) is 4.79 Å². The Kier molecular flexibility index (Phi) is 5.09. The van der Waals surface area contributed by atoms with Gasteiger partial charge in [-0.05, 0) is 27.7 Å². The predicted octanol–water partition coefficient (Wildman–Crippen LogP) is 2.40. The van der Waals surface area contributed by atoms with E-state index in [0.717, 1.165) is 17.5 Å². The summed E-state index contributed by atoms with van der Waals surface area (Å²) >= 11 is 0. The summed E-state index contributed by atoms with van der Waals surface area (Å²) in [5.74, 6) is 5.80. The van der Waals surface area contributed by atoms with Crippen LogP contribution in [0.1, 0.15) is 55.9 Å². The number of rotatable bonds is 3. The quantitative estimate of drug-likeness (QED) is 0.634. The van der Waals surface area contributed by atoms with E-state index in [4.69, 9.17) is 4.74 Å². The summed E-state index contributed by atoms with van der Waals surface area (Å²) < 4.78 is 7.10. The van der Waals surface area contributed by atoms with Crippen LogP contribution in [0.15, 0.2) is 0 Å². The number of hydrogen-bond acceptors (Lipinski definition) is 4. The number of carbonyl (C=O) groups excluding carboxylic acids is 2. The summed E-state index contributed by atoms with van der Waals surface area (Å²) in [5, 5.41) is 4.50. The van der Waals surface area contributed by atoms with Gasteiger partial charge in [-0.2, -0.15) is 5.10 Å². The molecule has 1 aromatic rings. The van der Waals surface area contributed by atoms with Gasteiger partial charge >= 0.3 is 6.09 Å². The van der Waals surface area contributed by atoms with Crippen LogP contribution >= 0.6 is 0 Å². The molecule has 0 saturated heterocycles. The minimum absolute atomic E-state index is 0.357. The van der Waals surface area contributed by atoms with Gasteiger partial charge in [0, 0.05) is 24.9 Å². The Morgan fingerprint density at radius 1 is 1.43 bits per heavy atom. The number of nitrogens with zero attached hydrogens (tertiary/aromatic N) is 3. The number of aromatic nitrogens is 2. The predicted molar refractivity (Wildman–Crippen MR) is 86.0 cm³/mol. The lowest BCUT2D eigenvalue weighted by molar-refractivity contribution is 0.0223. The van der Waals surface area contributed by atoms with Crippen molar-refractivity contribution in [3.05, 3.63) is 17.0 Å². The standard InChI is InChI=1S/C17H23N3O3/c1-5-6-7-9-20-15(12-21)13-11-19(10-8-14(13)18-20)16(22)23-17(2,3)4/h12H,7-11H2,1-4H3. The highest BCUT2D eigenvalue weighted by atomic mass is 16.6. The molecule has 1 aliphatic rings. The van der Waals surface area contributed by atoms with Gasteiger partial charge in [-0.1, -0.05) is 0 Å². The average molecular weight is 317 g/mol. The second kappa shape index (κ2) is 6.86. The van der Waals surface area contributed by atoms with Gasteiger partial charge in [0.2, 0.25) is 0 Å². The topological polar surface area (TPSA) is 64.4 Å². The third-order valence-corrected chi connectivity index (χ3v) is 3.53. The number of hydrogen-bond donors (Lipinski definition) is 0. The molecule has 6 heteroatoms. The molecule has 0 bridgehead atoms. The fourth-order valence-corrected chi connectivity index (χ4v) is 2.52. The summed E-state index contributed by atoms with van der Waals surface area (Å²) in [4.78, 5) is 25.3. The van der Waals surface area contributed by atoms with Crippen molar-refractivity contribution >= 4 is 12.4 Å². The van der Waals surface area contributed by atoms with E-state index in [2.05, 4.69) is 16.9 Å². The molecule has 1 aliphatic heterocycles. The van der Waals surface area contributed by atoms with E-state index in [9.17, 15) is 9.59 Å². The van der Waals surface area contributed by atoms with E-state index in [0.29, 0.717) is 38.2 Å². The Morgan fingerprint density at radius 3 is 2.78 bits per heavy atom. The third kappa shape index (κ3) is 4.13. The minimum Gasteiger partial charge on any atom is -0.444 e. The molecule has 124 valence electrons. The minimum atomic E-state index is -0.534. The lowest BCUT2D eigenvalue weighted by Crippen LogP contribution is -2.40. The van der Waals surface area contributed by atoms with Gasteiger partial charge in [0.05, 0.1) is 18.8 Å². The van der Waals surface area contributed by atoms with Crippen LogP contribution in [-0.4, -0.2) is 39.2 Å². The van der Waals surface area contributed by atoms with Crippen LogP contribution in [0.3, 0.4) is 0 Å². The second-order valence-electron chi connectivity index (χ2n) is 6.48. The SMILES string of the molecule is CC#CCCn1nc2c(c1C=O)CN(C(=O)OC(C)(C)C)CC2. The van der Waals surface area contributed by atoms with Crippen LogP contribution in [-0.2, 0) is 24.2 Å². The van der Waals surface area contributed by atoms with Crippen molar-refractivity contribution < 1.29 is 14.3 Å². The Balaban J connectivity index is 2.17. The van der Waals surface area contributed by atoms with Crippen LogP contribution in [0, 0.1) is 11.8 Å². The van der Waals surface area contributed by atoms with Crippen molar-refractivity contribution in [3.8, 4) is 11.8 Å². The smallest absolute Gasteiger partial charge is 0.410 e. The van der Waals surface area contributed by atoms with Crippen molar-refractivity contribution in [2.75, 3.05) is 6.54 Å². The van der Waals surface area contributed by atoms with E-state index >= 15 is 0 Å². The van der Waals surface area contributed by atoms with Crippen LogP contribution < -0.4 is 0 Å². The zero-order valence-electron chi connectivity index (χ0n) is 14.2. The molecule has 0 aliphatic carbocycles. The van der Waals surface area contributed by atoms with Crippen molar-refractivity contribution in [1.29, 1.82) is 0 Å². The first-order chi connectivity index (χ1) is 10.9. The molecule has 0 spiro atoms. The Labute approximate surface area is 136 Å². The number of aldehydes is 1. The lowest BCUT2D eigenvalue weighted by atomic mass is 10.1. The molecule has 23 heavy (non-hydrogen) atoms. The zero-order chi connectivity index (χ0) is 17.0. The normalized spacial score (nSPS) is 13.8. The molecule has 0 N–H and O–H groups in total. The molecule has 0 radical (unpaired) electrons. The molecule has 0 atom stereocenters. The summed E-state index contributed by atoms with van der Waals surface area (Å²) in [6.07, 6.45) is 1.73. The van der Waals surface area contributed by atoms with Gasteiger partial charge in [-0.3, -0.25) is 9.48 Å². The number of amides is 1. The first-order valence-corrected chi connectivity index (χ1v) is 7.77. The highest BCUT2D eigenvalue weighted by molar-refractivity contribution is 5.76. The first-order valence-electron chi connectivity index (χ1n) is 7.77. The van der Waals surface area contributed by atoms with Crippen LogP contribution in [0.2, 0.25) is 0 Å². The molecule has 2 heterocycles. The molecule has 1 aromatic heterocycles. The maximum absolute atomic E-state index is 12.2.